The van der Waals surface area contributed by atoms with Gasteiger partial charge in [0.2, 0.25) is 0 Å². The molecule has 2 heterocycles. The monoisotopic (exact) mass is 410 g/mol. The first kappa shape index (κ1) is 19.8. The number of hydrogen-bond donors (Lipinski definition) is 1. The number of carbonyl (C=O) groups is 1. The van der Waals surface area contributed by atoms with E-state index in [1.807, 2.05) is 42.7 Å². The maximum absolute atomic E-state index is 11.4. The summed E-state index contributed by atoms with van der Waals surface area (Å²) in [6.07, 6.45) is 3.51. The highest BCUT2D eigenvalue weighted by Crippen LogP contribution is 2.52. The van der Waals surface area contributed by atoms with Gasteiger partial charge in [0.15, 0.2) is 5.17 Å². The normalized spacial score (nSPS) is 24.7. The number of nitrogens with zero attached hydrogens (tertiary/aromatic N) is 1. The lowest BCUT2D eigenvalue weighted by atomic mass is 9.72. The first-order chi connectivity index (χ1) is 13.8. The van der Waals surface area contributed by atoms with Gasteiger partial charge in [0.25, 0.3) is 0 Å². The van der Waals surface area contributed by atoms with Crippen LogP contribution in [-0.2, 0) is 10.3 Å². The third kappa shape index (κ3) is 3.99. The SMILES string of the molecule is CSC1=N[C@@]2(C[C@@H](c3ccccc3)Oc3cc(OC(C)=O)ccc32)CC(C)(C)N1. The molecular formula is C23H26N2O3S. The predicted octanol–water partition coefficient (Wildman–Crippen LogP) is 4.82. The summed E-state index contributed by atoms with van der Waals surface area (Å²) in [5.41, 5.74) is 1.65. The van der Waals surface area contributed by atoms with Gasteiger partial charge in [0, 0.05) is 30.5 Å². The molecule has 1 N–H and O–H groups in total. The molecule has 5 nitrogen and oxygen atoms in total. The second-order valence-electron chi connectivity index (χ2n) is 8.31. The first-order valence-corrected chi connectivity index (χ1v) is 11.0. The first-order valence-electron chi connectivity index (χ1n) is 9.77. The zero-order valence-electron chi connectivity index (χ0n) is 17.2. The highest BCUT2D eigenvalue weighted by Gasteiger charge is 2.48. The van der Waals surface area contributed by atoms with Crippen molar-refractivity contribution in [3.05, 3.63) is 59.7 Å². The topological polar surface area (TPSA) is 59.9 Å². The van der Waals surface area contributed by atoms with Crippen LogP contribution >= 0.6 is 11.8 Å². The number of hydrogen-bond acceptors (Lipinski definition) is 6. The number of amidine groups is 1. The van der Waals surface area contributed by atoms with Gasteiger partial charge < -0.3 is 14.8 Å². The van der Waals surface area contributed by atoms with E-state index in [0.717, 1.165) is 34.9 Å². The highest BCUT2D eigenvalue weighted by molar-refractivity contribution is 8.13. The Morgan fingerprint density at radius 3 is 2.69 bits per heavy atom. The molecule has 0 saturated heterocycles. The van der Waals surface area contributed by atoms with Crippen molar-refractivity contribution in [2.75, 3.05) is 6.26 Å². The summed E-state index contributed by atoms with van der Waals surface area (Å²) < 4.78 is 11.7. The summed E-state index contributed by atoms with van der Waals surface area (Å²) in [7, 11) is 0. The molecule has 4 rings (SSSR count). The fourth-order valence-corrected chi connectivity index (χ4v) is 5.02. The quantitative estimate of drug-likeness (QED) is 0.568. The van der Waals surface area contributed by atoms with E-state index in [0.29, 0.717) is 5.75 Å². The van der Waals surface area contributed by atoms with Crippen molar-refractivity contribution < 1.29 is 14.3 Å². The standard InChI is InChI=1S/C23H26N2O3S/c1-15(26)27-17-10-11-18-19(12-17)28-20(16-8-6-5-7-9-16)13-23(18)14-22(2,3)24-21(25-23)29-4/h5-12,20H,13-14H2,1-4H3,(H,24,25)/t20-,23-/m0/s1. The van der Waals surface area contributed by atoms with E-state index in [2.05, 4.69) is 31.3 Å². The molecule has 2 aromatic rings. The van der Waals surface area contributed by atoms with E-state index < -0.39 is 5.54 Å². The van der Waals surface area contributed by atoms with Crippen LogP contribution in [0.4, 0.5) is 0 Å². The number of fused-ring (bicyclic) bond motifs is 2. The molecule has 0 radical (unpaired) electrons. The minimum atomic E-state index is -0.407. The molecular weight excluding hydrogens is 384 g/mol. The van der Waals surface area contributed by atoms with Gasteiger partial charge in [-0.15, -0.1) is 0 Å². The Morgan fingerprint density at radius 2 is 2.00 bits per heavy atom. The van der Waals surface area contributed by atoms with Crippen LogP contribution in [0.1, 0.15) is 50.8 Å². The lowest BCUT2D eigenvalue weighted by molar-refractivity contribution is -0.131. The van der Waals surface area contributed by atoms with Crippen LogP contribution < -0.4 is 14.8 Å². The Kier molecular flexibility index (Phi) is 5.07. The van der Waals surface area contributed by atoms with Crippen molar-refractivity contribution in [3.8, 4) is 11.5 Å². The molecule has 0 unspecified atom stereocenters. The smallest absolute Gasteiger partial charge is 0.308 e. The molecule has 0 bridgehead atoms. The van der Waals surface area contributed by atoms with Gasteiger partial charge >= 0.3 is 5.97 Å². The van der Waals surface area contributed by atoms with Gasteiger partial charge in [0.05, 0.1) is 5.54 Å². The number of thioether (sulfide) groups is 1. The average Bonchev–Trinajstić information content (AvgIpc) is 2.66. The van der Waals surface area contributed by atoms with Crippen molar-refractivity contribution in [1.29, 1.82) is 0 Å². The zero-order chi connectivity index (χ0) is 20.6. The Balaban J connectivity index is 1.85. The molecule has 2 aromatic carbocycles. The molecule has 0 amide bonds. The lowest BCUT2D eigenvalue weighted by Gasteiger charge is -2.47. The zero-order valence-corrected chi connectivity index (χ0v) is 18.0. The highest BCUT2D eigenvalue weighted by atomic mass is 32.2. The number of carbonyl (C=O) groups excluding carboxylic acids is 1. The van der Waals surface area contributed by atoms with Gasteiger partial charge in [-0.3, -0.25) is 9.79 Å². The van der Waals surface area contributed by atoms with Gasteiger partial charge in [-0.25, -0.2) is 0 Å². The lowest BCUT2D eigenvalue weighted by Crippen LogP contribution is -2.53. The number of nitrogens with one attached hydrogen (secondary N) is 1. The number of benzene rings is 2. The van der Waals surface area contributed by atoms with E-state index in [1.165, 1.54) is 6.92 Å². The fourth-order valence-electron chi connectivity index (χ4n) is 4.38. The Bertz CT molecular complexity index is 958. The van der Waals surface area contributed by atoms with Crippen LogP contribution in [0.25, 0.3) is 0 Å². The third-order valence-corrected chi connectivity index (χ3v) is 5.95. The summed E-state index contributed by atoms with van der Waals surface area (Å²) in [4.78, 5) is 16.6. The van der Waals surface area contributed by atoms with Crippen LogP contribution in [0.3, 0.4) is 0 Å². The van der Waals surface area contributed by atoms with Crippen molar-refractivity contribution in [2.45, 2.75) is 50.8 Å². The van der Waals surface area contributed by atoms with Crippen molar-refractivity contribution in [3.63, 3.8) is 0 Å². The molecule has 2 aliphatic rings. The maximum atomic E-state index is 11.4. The summed E-state index contributed by atoms with van der Waals surface area (Å²) in [6, 6.07) is 15.9. The Hall–Kier alpha value is -2.47. The minimum Gasteiger partial charge on any atom is -0.485 e. The molecule has 6 heteroatoms. The fraction of sp³-hybridized carbons (Fsp3) is 0.391. The Morgan fingerprint density at radius 1 is 1.24 bits per heavy atom. The molecule has 29 heavy (non-hydrogen) atoms. The van der Waals surface area contributed by atoms with Crippen LogP contribution in [0.15, 0.2) is 53.5 Å². The maximum Gasteiger partial charge on any atom is 0.308 e. The summed E-state index contributed by atoms with van der Waals surface area (Å²) in [6.45, 7) is 5.82. The molecule has 2 atom stereocenters. The number of esters is 1. The van der Waals surface area contributed by atoms with Crippen molar-refractivity contribution >= 4 is 22.9 Å². The van der Waals surface area contributed by atoms with Gasteiger partial charge in [0.1, 0.15) is 17.6 Å². The van der Waals surface area contributed by atoms with Gasteiger partial charge in [-0.05, 0) is 44.2 Å². The van der Waals surface area contributed by atoms with Gasteiger partial charge in [-0.1, -0.05) is 42.1 Å². The van der Waals surface area contributed by atoms with E-state index in [1.54, 1.807) is 11.8 Å². The molecule has 0 fully saturated rings. The van der Waals surface area contributed by atoms with E-state index in [-0.39, 0.29) is 17.6 Å². The second-order valence-corrected chi connectivity index (χ2v) is 9.11. The van der Waals surface area contributed by atoms with E-state index in [4.69, 9.17) is 14.5 Å². The summed E-state index contributed by atoms with van der Waals surface area (Å²) in [5.74, 6) is 0.869. The number of aliphatic imine (C=N–C) groups is 1. The molecule has 2 aliphatic heterocycles. The molecule has 1 spiro atoms. The Labute approximate surface area is 175 Å². The predicted molar refractivity (Wildman–Crippen MR) is 117 cm³/mol. The second kappa shape index (κ2) is 7.41. The summed E-state index contributed by atoms with van der Waals surface area (Å²) in [5, 5.41) is 4.47. The van der Waals surface area contributed by atoms with Crippen LogP contribution in [-0.4, -0.2) is 22.9 Å². The van der Waals surface area contributed by atoms with E-state index >= 15 is 0 Å². The molecule has 152 valence electrons. The molecule has 0 aliphatic carbocycles. The van der Waals surface area contributed by atoms with Crippen molar-refractivity contribution in [1.82, 2.24) is 5.32 Å². The largest absolute Gasteiger partial charge is 0.485 e. The average molecular weight is 411 g/mol. The van der Waals surface area contributed by atoms with Crippen LogP contribution in [0, 0.1) is 0 Å². The van der Waals surface area contributed by atoms with Gasteiger partial charge in [-0.2, -0.15) is 0 Å². The molecule has 0 aromatic heterocycles. The third-order valence-electron chi connectivity index (χ3n) is 5.37. The number of rotatable bonds is 2. The molecule has 0 saturated carbocycles. The van der Waals surface area contributed by atoms with Crippen molar-refractivity contribution in [2.24, 2.45) is 4.99 Å². The number of ether oxygens (including phenoxy) is 2. The van der Waals surface area contributed by atoms with Crippen LogP contribution in [0.5, 0.6) is 11.5 Å². The van der Waals surface area contributed by atoms with Crippen LogP contribution in [0.2, 0.25) is 0 Å². The summed E-state index contributed by atoms with van der Waals surface area (Å²) >= 11 is 1.63. The van der Waals surface area contributed by atoms with E-state index in [9.17, 15) is 4.79 Å². The minimum absolute atomic E-state index is 0.107.